The SMILES string of the molecule is CCCOc1ccc(-c2ccc3c(F)c(CCc4ccc(OCC(F)(F)F)cc4)ccc3c2)nc1. The number of ether oxygens (including phenoxy) is 2. The van der Waals surface area contributed by atoms with E-state index in [1.807, 2.05) is 37.3 Å². The third-order valence-corrected chi connectivity index (χ3v) is 5.55. The van der Waals surface area contributed by atoms with Gasteiger partial charge in [0.05, 0.1) is 18.5 Å². The smallest absolute Gasteiger partial charge is 0.422 e. The first-order valence-electron chi connectivity index (χ1n) is 11.4. The summed E-state index contributed by atoms with van der Waals surface area (Å²) in [5, 5.41) is 1.31. The number of fused-ring (bicyclic) bond motifs is 1. The second-order valence-corrected chi connectivity index (χ2v) is 8.25. The number of hydrogen-bond donors (Lipinski definition) is 0. The van der Waals surface area contributed by atoms with Gasteiger partial charge in [-0.05, 0) is 66.1 Å². The van der Waals surface area contributed by atoms with Gasteiger partial charge >= 0.3 is 6.18 Å². The summed E-state index contributed by atoms with van der Waals surface area (Å²) in [5.74, 6) is 0.599. The lowest BCUT2D eigenvalue weighted by Crippen LogP contribution is -2.19. The molecule has 0 aliphatic carbocycles. The number of benzene rings is 3. The van der Waals surface area contributed by atoms with Gasteiger partial charge in [-0.2, -0.15) is 13.2 Å². The molecule has 0 saturated heterocycles. The van der Waals surface area contributed by atoms with Crippen LogP contribution in [0.3, 0.4) is 0 Å². The zero-order chi connectivity index (χ0) is 24.8. The lowest BCUT2D eigenvalue weighted by molar-refractivity contribution is -0.153. The van der Waals surface area contributed by atoms with E-state index in [0.29, 0.717) is 30.4 Å². The quantitative estimate of drug-likeness (QED) is 0.230. The Bertz CT molecular complexity index is 1270. The average molecular weight is 484 g/mol. The van der Waals surface area contributed by atoms with Crippen molar-refractivity contribution >= 4 is 10.8 Å². The van der Waals surface area contributed by atoms with Crippen molar-refractivity contribution in [1.29, 1.82) is 0 Å². The minimum Gasteiger partial charge on any atom is -0.492 e. The Morgan fingerprint density at radius 2 is 1.60 bits per heavy atom. The summed E-state index contributed by atoms with van der Waals surface area (Å²) in [6, 6.07) is 19.3. The molecule has 0 N–H and O–H groups in total. The predicted octanol–water partition coefficient (Wildman–Crippen LogP) is 7.56. The van der Waals surface area contributed by atoms with Crippen molar-refractivity contribution in [2.75, 3.05) is 13.2 Å². The van der Waals surface area contributed by atoms with Gasteiger partial charge in [0.2, 0.25) is 0 Å². The molecule has 0 fully saturated rings. The maximum absolute atomic E-state index is 15.2. The molecule has 0 amide bonds. The molecule has 7 heteroatoms. The fourth-order valence-electron chi connectivity index (χ4n) is 3.74. The van der Waals surface area contributed by atoms with E-state index in [9.17, 15) is 13.2 Å². The van der Waals surface area contributed by atoms with E-state index in [1.54, 1.807) is 30.5 Å². The lowest BCUT2D eigenvalue weighted by Gasteiger charge is -2.11. The van der Waals surface area contributed by atoms with Crippen LogP contribution in [0.4, 0.5) is 17.6 Å². The summed E-state index contributed by atoms with van der Waals surface area (Å²) in [4.78, 5) is 4.46. The van der Waals surface area contributed by atoms with Gasteiger partial charge in [-0.25, -0.2) is 4.39 Å². The van der Waals surface area contributed by atoms with Crippen LogP contribution in [0, 0.1) is 5.82 Å². The zero-order valence-corrected chi connectivity index (χ0v) is 19.2. The van der Waals surface area contributed by atoms with Gasteiger partial charge in [-0.15, -0.1) is 0 Å². The normalized spacial score (nSPS) is 11.6. The van der Waals surface area contributed by atoms with Crippen LogP contribution in [0.25, 0.3) is 22.0 Å². The third-order valence-electron chi connectivity index (χ3n) is 5.55. The summed E-state index contributed by atoms with van der Waals surface area (Å²) in [6.45, 7) is 1.35. The van der Waals surface area contributed by atoms with Crippen molar-refractivity contribution in [3.8, 4) is 22.8 Å². The van der Waals surface area contributed by atoms with E-state index in [4.69, 9.17) is 9.47 Å². The summed E-state index contributed by atoms with van der Waals surface area (Å²) in [5.41, 5.74) is 3.14. The highest BCUT2D eigenvalue weighted by molar-refractivity contribution is 5.88. The number of nitrogens with zero attached hydrogens (tertiary/aromatic N) is 1. The van der Waals surface area contributed by atoms with E-state index in [0.717, 1.165) is 34.4 Å². The van der Waals surface area contributed by atoms with Crippen LogP contribution in [0.2, 0.25) is 0 Å². The Hall–Kier alpha value is -3.61. The Morgan fingerprint density at radius 3 is 2.29 bits per heavy atom. The number of hydrogen-bond acceptors (Lipinski definition) is 3. The van der Waals surface area contributed by atoms with Crippen molar-refractivity contribution in [3.63, 3.8) is 0 Å². The molecule has 0 aliphatic rings. The minimum atomic E-state index is -4.38. The van der Waals surface area contributed by atoms with Gasteiger partial charge in [0.1, 0.15) is 17.3 Å². The van der Waals surface area contributed by atoms with Gasteiger partial charge in [0.25, 0.3) is 0 Å². The van der Waals surface area contributed by atoms with E-state index in [-0.39, 0.29) is 11.6 Å². The van der Waals surface area contributed by atoms with Crippen LogP contribution in [0.15, 0.2) is 72.9 Å². The summed E-state index contributed by atoms with van der Waals surface area (Å²) >= 11 is 0. The third kappa shape index (κ3) is 6.50. The summed E-state index contributed by atoms with van der Waals surface area (Å²) in [7, 11) is 0. The molecule has 0 spiro atoms. The molecule has 0 unspecified atom stereocenters. The van der Waals surface area contributed by atoms with E-state index >= 15 is 4.39 Å². The van der Waals surface area contributed by atoms with Crippen molar-refractivity contribution in [3.05, 3.63) is 89.9 Å². The first-order valence-corrected chi connectivity index (χ1v) is 11.4. The topological polar surface area (TPSA) is 31.4 Å². The maximum atomic E-state index is 15.2. The standard InChI is InChI=1S/C28H25F4NO2/c1-2-15-34-24-12-14-26(33-17-24)22-9-13-25-21(16-22)8-7-20(27(25)29)6-3-19-4-10-23(11-5-19)35-18-28(30,31)32/h4-5,7-14,16-17H,2-3,6,15,18H2,1H3. The average Bonchev–Trinajstić information content (AvgIpc) is 2.86. The van der Waals surface area contributed by atoms with Gasteiger partial charge in [0.15, 0.2) is 6.61 Å². The number of alkyl halides is 3. The summed E-state index contributed by atoms with van der Waals surface area (Å²) < 4.78 is 62.3. The molecule has 182 valence electrons. The molecule has 0 aliphatic heterocycles. The number of rotatable bonds is 9. The highest BCUT2D eigenvalue weighted by Crippen LogP contribution is 2.28. The molecule has 0 bridgehead atoms. The Kier molecular flexibility index (Phi) is 7.54. The molecule has 1 aromatic heterocycles. The lowest BCUT2D eigenvalue weighted by atomic mass is 9.98. The van der Waals surface area contributed by atoms with Crippen molar-refractivity contribution in [2.45, 2.75) is 32.4 Å². The van der Waals surface area contributed by atoms with E-state index in [1.165, 1.54) is 12.1 Å². The highest BCUT2D eigenvalue weighted by atomic mass is 19.4. The van der Waals surface area contributed by atoms with E-state index < -0.39 is 12.8 Å². The minimum absolute atomic E-state index is 0.149. The Balaban J connectivity index is 1.43. The van der Waals surface area contributed by atoms with Gasteiger partial charge in [-0.1, -0.05) is 43.3 Å². The molecule has 3 aromatic carbocycles. The number of pyridine rings is 1. The largest absolute Gasteiger partial charge is 0.492 e. The maximum Gasteiger partial charge on any atom is 0.422 e. The summed E-state index contributed by atoms with van der Waals surface area (Å²) in [6.07, 6.45) is -0.749. The van der Waals surface area contributed by atoms with Crippen LogP contribution in [-0.4, -0.2) is 24.4 Å². The monoisotopic (exact) mass is 483 g/mol. The molecule has 4 aromatic rings. The second kappa shape index (κ2) is 10.8. The van der Waals surface area contributed by atoms with Crippen LogP contribution >= 0.6 is 0 Å². The number of halogens is 4. The second-order valence-electron chi connectivity index (χ2n) is 8.25. The van der Waals surface area contributed by atoms with Gasteiger partial charge in [0, 0.05) is 10.9 Å². The Labute approximate surface area is 201 Å². The molecule has 0 saturated carbocycles. The number of aryl methyl sites for hydroxylation is 2. The van der Waals surface area contributed by atoms with Crippen molar-refractivity contribution < 1.29 is 27.0 Å². The van der Waals surface area contributed by atoms with Crippen molar-refractivity contribution in [1.82, 2.24) is 4.98 Å². The van der Waals surface area contributed by atoms with Crippen LogP contribution < -0.4 is 9.47 Å². The van der Waals surface area contributed by atoms with Crippen LogP contribution in [-0.2, 0) is 12.8 Å². The van der Waals surface area contributed by atoms with E-state index in [2.05, 4.69) is 4.98 Å². The van der Waals surface area contributed by atoms with Gasteiger partial charge in [-0.3, -0.25) is 4.98 Å². The first kappa shape index (κ1) is 24.5. The molecular weight excluding hydrogens is 458 g/mol. The van der Waals surface area contributed by atoms with Gasteiger partial charge < -0.3 is 9.47 Å². The highest BCUT2D eigenvalue weighted by Gasteiger charge is 2.28. The Morgan fingerprint density at radius 1 is 0.829 bits per heavy atom. The first-order chi connectivity index (χ1) is 16.8. The molecule has 1 heterocycles. The molecule has 0 radical (unpaired) electrons. The molecule has 0 atom stereocenters. The number of aromatic nitrogens is 1. The van der Waals surface area contributed by atoms with Crippen LogP contribution in [0.5, 0.6) is 11.5 Å². The fourth-order valence-corrected chi connectivity index (χ4v) is 3.74. The molecule has 35 heavy (non-hydrogen) atoms. The zero-order valence-electron chi connectivity index (χ0n) is 19.2. The fraction of sp³-hybridized carbons (Fsp3) is 0.250. The van der Waals surface area contributed by atoms with Crippen LogP contribution in [0.1, 0.15) is 24.5 Å². The van der Waals surface area contributed by atoms with Crippen molar-refractivity contribution in [2.24, 2.45) is 0 Å². The molecule has 4 rings (SSSR count). The molecule has 3 nitrogen and oxygen atoms in total. The molecular formula is C28H25F4NO2. The predicted molar refractivity (Wildman–Crippen MR) is 128 cm³/mol.